The fraction of sp³-hybridized carbons (Fsp3) is 0.323. The molecule has 3 rings (SSSR count). The van der Waals surface area contributed by atoms with Crippen LogP contribution in [0.4, 0.5) is 0 Å². The molecule has 0 bridgehead atoms. The Hall–Kier alpha value is -3.82. The van der Waals surface area contributed by atoms with Crippen LogP contribution in [-0.2, 0) is 20.9 Å². The summed E-state index contributed by atoms with van der Waals surface area (Å²) in [6, 6.07) is 16.4. The van der Waals surface area contributed by atoms with Gasteiger partial charge in [-0.2, -0.15) is 0 Å². The number of aryl methyl sites for hydroxylation is 1. The lowest BCUT2D eigenvalue weighted by molar-refractivity contribution is -0.146. The molecule has 0 radical (unpaired) electrons. The van der Waals surface area contributed by atoms with Crippen molar-refractivity contribution in [3.63, 3.8) is 0 Å². The average Bonchev–Trinajstić information content (AvgIpc) is 2.94. The van der Waals surface area contributed by atoms with E-state index in [2.05, 4.69) is 23.7 Å². The normalized spacial score (nSPS) is 12.0. The van der Waals surface area contributed by atoms with E-state index in [1.165, 1.54) is 7.11 Å². The summed E-state index contributed by atoms with van der Waals surface area (Å²) in [5, 5.41) is 0.473. The molecule has 0 aliphatic rings. The maximum Gasteiger partial charge on any atom is 0.337 e. The van der Waals surface area contributed by atoms with Gasteiger partial charge in [0.25, 0.3) is 0 Å². The molecule has 2 aromatic carbocycles. The van der Waals surface area contributed by atoms with E-state index in [1.54, 1.807) is 37.6 Å². The van der Waals surface area contributed by atoms with E-state index in [-0.39, 0.29) is 36.8 Å². The molecule has 0 N–H and O–H groups in total. The quantitative estimate of drug-likeness (QED) is 0.168. The number of halogens is 1. The van der Waals surface area contributed by atoms with Crippen LogP contribution in [-0.4, -0.2) is 31.1 Å². The van der Waals surface area contributed by atoms with Crippen LogP contribution in [0.15, 0.2) is 60.8 Å². The monoisotopic (exact) mass is 533 g/mol. The van der Waals surface area contributed by atoms with Crippen LogP contribution in [0.25, 0.3) is 0 Å². The number of hydrogen-bond acceptors (Lipinski definition) is 6. The zero-order chi connectivity index (χ0) is 27.5. The molecule has 198 valence electrons. The Kier molecular flexibility index (Phi) is 10.7. The van der Waals surface area contributed by atoms with Crippen LogP contribution in [0.3, 0.4) is 0 Å². The van der Waals surface area contributed by atoms with E-state index >= 15 is 0 Å². The van der Waals surface area contributed by atoms with Crippen molar-refractivity contribution in [2.45, 2.75) is 45.6 Å². The zero-order valence-corrected chi connectivity index (χ0v) is 22.9. The van der Waals surface area contributed by atoms with Crippen molar-refractivity contribution in [1.82, 2.24) is 4.98 Å². The molecular weight excluding hydrogens is 502 g/mol. The second-order valence-corrected chi connectivity index (χ2v) is 9.41. The van der Waals surface area contributed by atoms with Gasteiger partial charge in [0.15, 0.2) is 0 Å². The molecule has 3 aromatic rings. The number of benzene rings is 2. The van der Waals surface area contributed by atoms with Gasteiger partial charge in [-0.25, -0.2) is 9.78 Å². The standard InChI is InChI=1S/C31H32ClNO5/c1-21-17-27(19-33-30(21)32)22(2)26(18-29(34)38-20-24-11-15-28(36-3)16-12-24)8-6-5-7-23-9-13-25(14-10-23)31(35)37-4/h9-17,19,22,26H,6,8,18,20H2,1-4H3/t22-,26-/m0/s1. The third kappa shape index (κ3) is 8.36. The van der Waals surface area contributed by atoms with Crippen LogP contribution < -0.4 is 4.74 Å². The van der Waals surface area contributed by atoms with Crippen LogP contribution in [0.5, 0.6) is 5.75 Å². The first kappa shape index (κ1) is 28.7. The summed E-state index contributed by atoms with van der Waals surface area (Å²) in [7, 11) is 2.96. The first-order valence-corrected chi connectivity index (χ1v) is 12.8. The molecule has 1 aromatic heterocycles. The number of ether oxygens (including phenoxy) is 3. The van der Waals surface area contributed by atoms with Gasteiger partial charge in [-0.3, -0.25) is 4.79 Å². The Balaban J connectivity index is 1.66. The minimum Gasteiger partial charge on any atom is -0.497 e. The number of esters is 2. The fourth-order valence-electron chi connectivity index (χ4n) is 4.02. The van der Waals surface area contributed by atoms with Gasteiger partial charge in [0, 0.05) is 24.6 Å². The summed E-state index contributed by atoms with van der Waals surface area (Å²) in [6.07, 6.45) is 3.33. The molecule has 0 saturated heterocycles. The van der Waals surface area contributed by atoms with Crippen LogP contribution in [0.2, 0.25) is 5.15 Å². The SMILES string of the molecule is COC(=O)c1ccc(C#CCC[C@@H](CC(=O)OCc2ccc(OC)cc2)[C@H](C)c2cnc(Cl)c(C)c2)cc1. The Morgan fingerprint density at radius 2 is 1.76 bits per heavy atom. The Bertz CT molecular complexity index is 1290. The van der Waals surface area contributed by atoms with Crippen molar-refractivity contribution in [2.75, 3.05) is 14.2 Å². The van der Waals surface area contributed by atoms with Crippen LogP contribution in [0.1, 0.15) is 64.7 Å². The van der Waals surface area contributed by atoms with Gasteiger partial charge >= 0.3 is 11.9 Å². The largest absolute Gasteiger partial charge is 0.497 e. The number of carbonyl (C=O) groups excluding carboxylic acids is 2. The fourth-order valence-corrected chi connectivity index (χ4v) is 4.12. The van der Waals surface area contributed by atoms with Crippen LogP contribution >= 0.6 is 11.6 Å². The summed E-state index contributed by atoms with van der Waals surface area (Å²) in [5.41, 5.74) is 4.09. The number of hydrogen-bond donors (Lipinski definition) is 0. The number of methoxy groups -OCH3 is 2. The smallest absolute Gasteiger partial charge is 0.337 e. The highest BCUT2D eigenvalue weighted by molar-refractivity contribution is 6.30. The van der Waals surface area contributed by atoms with Gasteiger partial charge in [-0.15, -0.1) is 0 Å². The maximum atomic E-state index is 12.8. The maximum absolute atomic E-state index is 12.8. The van der Waals surface area contributed by atoms with E-state index in [0.29, 0.717) is 23.6 Å². The lowest BCUT2D eigenvalue weighted by atomic mass is 9.82. The number of pyridine rings is 1. The average molecular weight is 534 g/mol. The highest BCUT2D eigenvalue weighted by Crippen LogP contribution is 2.32. The summed E-state index contributed by atoms with van der Waals surface area (Å²) in [5.74, 6) is 6.48. The summed E-state index contributed by atoms with van der Waals surface area (Å²) >= 11 is 6.13. The number of carbonyl (C=O) groups is 2. The summed E-state index contributed by atoms with van der Waals surface area (Å²) < 4.78 is 15.5. The number of aromatic nitrogens is 1. The molecule has 1 heterocycles. The van der Waals surface area contributed by atoms with Crippen molar-refractivity contribution >= 4 is 23.5 Å². The van der Waals surface area contributed by atoms with E-state index in [1.807, 2.05) is 37.3 Å². The molecule has 0 aliphatic heterocycles. The zero-order valence-electron chi connectivity index (χ0n) is 22.1. The van der Waals surface area contributed by atoms with Gasteiger partial charge in [-0.1, -0.05) is 48.6 Å². The third-order valence-corrected chi connectivity index (χ3v) is 6.83. The first-order valence-electron chi connectivity index (χ1n) is 12.4. The predicted molar refractivity (Wildman–Crippen MR) is 147 cm³/mol. The van der Waals surface area contributed by atoms with Gasteiger partial charge in [-0.05, 0) is 78.3 Å². The number of nitrogens with zero attached hydrogens (tertiary/aromatic N) is 1. The molecule has 0 spiro atoms. The predicted octanol–water partition coefficient (Wildman–Crippen LogP) is 6.52. The molecular formula is C31H32ClNO5. The lowest BCUT2D eigenvalue weighted by Crippen LogP contribution is -2.17. The Morgan fingerprint density at radius 1 is 1.05 bits per heavy atom. The highest BCUT2D eigenvalue weighted by Gasteiger charge is 2.23. The van der Waals surface area contributed by atoms with E-state index in [9.17, 15) is 9.59 Å². The summed E-state index contributed by atoms with van der Waals surface area (Å²) in [4.78, 5) is 28.7. The second-order valence-electron chi connectivity index (χ2n) is 9.05. The topological polar surface area (TPSA) is 74.7 Å². The van der Waals surface area contributed by atoms with E-state index in [0.717, 1.165) is 28.0 Å². The minimum absolute atomic E-state index is 0.00302. The third-order valence-electron chi connectivity index (χ3n) is 6.44. The van der Waals surface area contributed by atoms with Crippen molar-refractivity contribution in [3.05, 3.63) is 93.8 Å². The van der Waals surface area contributed by atoms with Crippen molar-refractivity contribution in [1.29, 1.82) is 0 Å². The molecule has 7 heteroatoms. The highest BCUT2D eigenvalue weighted by atomic mass is 35.5. The molecule has 38 heavy (non-hydrogen) atoms. The van der Waals surface area contributed by atoms with Crippen molar-refractivity contribution in [3.8, 4) is 17.6 Å². The van der Waals surface area contributed by atoms with Crippen molar-refractivity contribution in [2.24, 2.45) is 5.92 Å². The second kappa shape index (κ2) is 14.2. The van der Waals surface area contributed by atoms with Gasteiger partial charge in [0.2, 0.25) is 0 Å². The van der Waals surface area contributed by atoms with E-state index in [4.69, 9.17) is 25.8 Å². The molecule has 0 amide bonds. The van der Waals surface area contributed by atoms with Crippen molar-refractivity contribution < 1.29 is 23.8 Å². The lowest BCUT2D eigenvalue weighted by Gasteiger charge is -2.23. The Morgan fingerprint density at radius 3 is 2.39 bits per heavy atom. The molecule has 0 fully saturated rings. The molecule has 0 unspecified atom stereocenters. The van der Waals surface area contributed by atoms with Crippen LogP contribution in [0, 0.1) is 24.7 Å². The van der Waals surface area contributed by atoms with Gasteiger partial charge in [0.1, 0.15) is 17.5 Å². The minimum atomic E-state index is -0.382. The first-order chi connectivity index (χ1) is 18.3. The summed E-state index contributed by atoms with van der Waals surface area (Å²) in [6.45, 7) is 4.21. The molecule has 0 saturated carbocycles. The van der Waals surface area contributed by atoms with Gasteiger partial charge < -0.3 is 14.2 Å². The Labute approximate surface area is 229 Å². The number of rotatable bonds is 10. The van der Waals surface area contributed by atoms with E-state index < -0.39 is 0 Å². The molecule has 0 aliphatic carbocycles. The molecule has 2 atom stereocenters. The molecule has 6 nitrogen and oxygen atoms in total. The van der Waals surface area contributed by atoms with Gasteiger partial charge in [0.05, 0.1) is 19.8 Å².